The van der Waals surface area contributed by atoms with Gasteiger partial charge in [0.05, 0.1) is 28.5 Å². The Balaban J connectivity index is 1.64. The molecule has 1 unspecified atom stereocenters. The van der Waals surface area contributed by atoms with Gasteiger partial charge < -0.3 is 5.32 Å². The van der Waals surface area contributed by atoms with Crippen molar-refractivity contribution in [1.82, 2.24) is 25.5 Å². The van der Waals surface area contributed by atoms with E-state index in [9.17, 15) is 13.2 Å². The first kappa shape index (κ1) is 17.9. The molecule has 0 radical (unpaired) electrons. The summed E-state index contributed by atoms with van der Waals surface area (Å²) in [4.78, 5) is 12.2. The Morgan fingerprint density at radius 2 is 2.16 bits per heavy atom. The zero-order chi connectivity index (χ0) is 18.1. The lowest BCUT2D eigenvalue weighted by Gasteiger charge is -2.23. The van der Waals surface area contributed by atoms with Gasteiger partial charge in [0.15, 0.2) is 9.84 Å². The van der Waals surface area contributed by atoms with E-state index in [4.69, 9.17) is 0 Å². The van der Waals surface area contributed by atoms with E-state index >= 15 is 0 Å². The molecule has 2 heterocycles. The number of para-hydroxylation sites is 1. The smallest absolute Gasteiger partial charge is 0.230 e. The minimum atomic E-state index is -3.06. The molecular weight excluding hydrogens is 362 g/mol. The maximum absolute atomic E-state index is 12.2. The highest BCUT2D eigenvalue weighted by Gasteiger charge is 2.39. The maximum Gasteiger partial charge on any atom is 0.230 e. The molecule has 8 nitrogen and oxygen atoms in total. The summed E-state index contributed by atoms with van der Waals surface area (Å²) in [7, 11) is -3.06. The van der Waals surface area contributed by atoms with E-state index in [1.165, 1.54) is 11.8 Å². The standard InChI is InChI=1S/C15H19N5O3S2/c1-11-5-3-4-6-12(11)20-14(17-18-19-20)24-9-13(21)16-15(2)7-8-25(22,23)10-15/h3-6H,7-10H2,1-2H3,(H,16,21). The lowest BCUT2D eigenvalue weighted by molar-refractivity contribution is -0.120. The van der Waals surface area contributed by atoms with Crippen LogP contribution in [0.15, 0.2) is 29.4 Å². The van der Waals surface area contributed by atoms with Crippen molar-refractivity contribution in [2.45, 2.75) is 31.0 Å². The number of aryl methyl sites for hydroxylation is 1. The van der Waals surface area contributed by atoms with Crippen LogP contribution in [0.4, 0.5) is 0 Å². The maximum atomic E-state index is 12.2. The Morgan fingerprint density at radius 1 is 1.40 bits per heavy atom. The molecule has 1 aromatic carbocycles. The summed E-state index contributed by atoms with van der Waals surface area (Å²) in [5, 5.41) is 15.0. The van der Waals surface area contributed by atoms with Gasteiger partial charge in [-0.15, -0.1) is 5.10 Å². The van der Waals surface area contributed by atoms with Crippen LogP contribution in [0.5, 0.6) is 0 Å². The molecule has 134 valence electrons. The van der Waals surface area contributed by atoms with Crippen LogP contribution in [-0.4, -0.2) is 57.3 Å². The summed E-state index contributed by atoms with van der Waals surface area (Å²) >= 11 is 1.21. The second-order valence-corrected chi connectivity index (χ2v) is 9.53. The predicted molar refractivity (Wildman–Crippen MR) is 94.4 cm³/mol. The molecule has 1 atom stereocenters. The Labute approximate surface area is 150 Å². The number of aromatic nitrogens is 4. The number of tetrazole rings is 1. The van der Waals surface area contributed by atoms with Gasteiger partial charge in [-0.2, -0.15) is 4.68 Å². The molecule has 1 saturated heterocycles. The van der Waals surface area contributed by atoms with Crippen molar-refractivity contribution in [3.8, 4) is 5.69 Å². The van der Waals surface area contributed by atoms with Gasteiger partial charge in [0.1, 0.15) is 0 Å². The fraction of sp³-hybridized carbons (Fsp3) is 0.467. The number of hydrogen-bond donors (Lipinski definition) is 1. The van der Waals surface area contributed by atoms with Gasteiger partial charge in [0, 0.05) is 0 Å². The normalized spacial score (nSPS) is 22.0. The summed E-state index contributed by atoms with van der Waals surface area (Å²) in [5.41, 5.74) is 1.17. The van der Waals surface area contributed by atoms with Crippen LogP contribution >= 0.6 is 11.8 Å². The summed E-state index contributed by atoms with van der Waals surface area (Å²) in [6.07, 6.45) is 0.437. The van der Waals surface area contributed by atoms with Gasteiger partial charge in [0.25, 0.3) is 0 Å². The Hall–Kier alpha value is -1.94. The van der Waals surface area contributed by atoms with Crippen LogP contribution in [-0.2, 0) is 14.6 Å². The van der Waals surface area contributed by atoms with Gasteiger partial charge in [-0.25, -0.2) is 8.42 Å². The van der Waals surface area contributed by atoms with Crippen molar-refractivity contribution >= 4 is 27.5 Å². The first-order chi connectivity index (χ1) is 11.8. The lowest BCUT2D eigenvalue weighted by Crippen LogP contribution is -2.47. The van der Waals surface area contributed by atoms with E-state index < -0.39 is 15.4 Å². The van der Waals surface area contributed by atoms with Crippen LogP contribution in [0.2, 0.25) is 0 Å². The second-order valence-electron chi connectivity index (χ2n) is 6.40. The highest BCUT2D eigenvalue weighted by Crippen LogP contribution is 2.24. The van der Waals surface area contributed by atoms with Crippen molar-refractivity contribution < 1.29 is 13.2 Å². The van der Waals surface area contributed by atoms with E-state index in [-0.39, 0.29) is 23.2 Å². The molecule has 1 aromatic heterocycles. The number of hydrogen-bond acceptors (Lipinski definition) is 7. The largest absolute Gasteiger partial charge is 0.349 e. The predicted octanol–water partition coefficient (Wildman–Crippen LogP) is 0.756. The average Bonchev–Trinajstić information content (AvgIpc) is 3.09. The summed E-state index contributed by atoms with van der Waals surface area (Å²) in [6.45, 7) is 3.72. The van der Waals surface area contributed by atoms with Gasteiger partial charge in [-0.3, -0.25) is 4.79 Å². The first-order valence-corrected chi connectivity index (χ1v) is 10.6. The van der Waals surface area contributed by atoms with Crippen LogP contribution in [0.1, 0.15) is 18.9 Å². The van der Waals surface area contributed by atoms with E-state index in [0.29, 0.717) is 11.6 Å². The first-order valence-electron chi connectivity index (χ1n) is 7.77. The topological polar surface area (TPSA) is 107 Å². The number of amides is 1. The highest BCUT2D eigenvalue weighted by atomic mass is 32.2. The minimum absolute atomic E-state index is 0.0165. The second kappa shape index (κ2) is 6.75. The van der Waals surface area contributed by atoms with E-state index in [0.717, 1.165) is 11.3 Å². The van der Waals surface area contributed by atoms with Crippen molar-refractivity contribution in [1.29, 1.82) is 0 Å². The van der Waals surface area contributed by atoms with Gasteiger partial charge in [-0.05, 0) is 42.3 Å². The van der Waals surface area contributed by atoms with Crippen molar-refractivity contribution in [2.24, 2.45) is 0 Å². The number of rotatable bonds is 5. The molecule has 1 fully saturated rings. The summed E-state index contributed by atoms with van der Waals surface area (Å²) in [6, 6.07) is 7.69. The molecule has 1 amide bonds. The average molecular weight is 381 g/mol. The molecule has 1 aliphatic rings. The number of sulfone groups is 1. The van der Waals surface area contributed by atoms with E-state index in [2.05, 4.69) is 20.8 Å². The van der Waals surface area contributed by atoms with E-state index in [1.54, 1.807) is 11.6 Å². The molecule has 0 spiro atoms. The number of nitrogens with one attached hydrogen (secondary N) is 1. The molecule has 0 saturated carbocycles. The molecule has 0 aliphatic carbocycles. The fourth-order valence-electron chi connectivity index (χ4n) is 2.83. The van der Waals surface area contributed by atoms with Crippen LogP contribution in [0, 0.1) is 6.92 Å². The molecule has 1 aliphatic heterocycles. The van der Waals surface area contributed by atoms with Crippen molar-refractivity contribution in [2.75, 3.05) is 17.3 Å². The molecule has 0 bridgehead atoms. The monoisotopic (exact) mass is 381 g/mol. The SMILES string of the molecule is Cc1ccccc1-n1nnnc1SCC(=O)NC1(C)CCS(=O)(=O)C1. The lowest BCUT2D eigenvalue weighted by atomic mass is 10.0. The number of carbonyl (C=O) groups is 1. The quantitative estimate of drug-likeness (QED) is 0.762. The Kier molecular flexibility index (Phi) is 4.83. The zero-order valence-corrected chi connectivity index (χ0v) is 15.6. The van der Waals surface area contributed by atoms with Crippen molar-refractivity contribution in [3.05, 3.63) is 29.8 Å². The van der Waals surface area contributed by atoms with Crippen LogP contribution in [0.25, 0.3) is 5.69 Å². The molecule has 10 heteroatoms. The zero-order valence-electron chi connectivity index (χ0n) is 14.0. The summed E-state index contributed by atoms with van der Waals surface area (Å²) in [5.74, 6) is -0.0224. The third-order valence-electron chi connectivity index (χ3n) is 4.06. The minimum Gasteiger partial charge on any atom is -0.349 e. The third kappa shape index (κ3) is 4.18. The number of benzene rings is 1. The highest BCUT2D eigenvalue weighted by molar-refractivity contribution is 7.99. The fourth-order valence-corrected chi connectivity index (χ4v) is 5.61. The molecule has 3 rings (SSSR count). The van der Waals surface area contributed by atoms with Gasteiger partial charge in [0.2, 0.25) is 11.1 Å². The Bertz CT molecular complexity index is 896. The van der Waals surface area contributed by atoms with Crippen molar-refractivity contribution in [3.63, 3.8) is 0 Å². The molecule has 2 aromatic rings. The number of carbonyl (C=O) groups excluding carboxylic acids is 1. The molecular formula is C15H19N5O3S2. The van der Waals surface area contributed by atoms with Gasteiger partial charge >= 0.3 is 0 Å². The Morgan fingerprint density at radius 3 is 2.84 bits per heavy atom. The number of nitrogens with zero attached hydrogens (tertiary/aromatic N) is 4. The third-order valence-corrected chi connectivity index (χ3v) is 6.88. The number of thioether (sulfide) groups is 1. The van der Waals surface area contributed by atoms with Gasteiger partial charge in [-0.1, -0.05) is 30.0 Å². The summed E-state index contributed by atoms with van der Waals surface area (Å²) < 4.78 is 24.8. The molecule has 25 heavy (non-hydrogen) atoms. The van der Waals surface area contributed by atoms with E-state index in [1.807, 2.05) is 31.2 Å². The molecule has 1 N–H and O–H groups in total. The van der Waals surface area contributed by atoms with Crippen LogP contribution < -0.4 is 5.32 Å². The van der Waals surface area contributed by atoms with Crippen LogP contribution in [0.3, 0.4) is 0 Å².